The van der Waals surface area contributed by atoms with Crippen LogP contribution in [0, 0.1) is 0 Å². The van der Waals surface area contributed by atoms with Crippen molar-refractivity contribution in [2.45, 2.75) is 25.6 Å². The fourth-order valence-electron chi connectivity index (χ4n) is 1.30. The van der Waals surface area contributed by atoms with Crippen molar-refractivity contribution in [1.82, 2.24) is 0 Å². The smallest absolute Gasteiger partial charge is 0.420 e. The Morgan fingerprint density at radius 1 is 1.00 bits per heavy atom. The van der Waals surface area contributed by atoms with E-state index < -0.39 is 28.8 Å². The highest BCUT2D eigenvalue weighted by Crippen LogP contribution is 2.42. The molecule has 0 aromatic heterocycles. The maximum Gasteiger partial charge on any atom is 0.420 e. The van der Waals surface area contributed by atoms with Crippen LogP contribution >= 0.6 is 0 Å². The summed E-state index contributed by atoms with van der Waals surface area (Å²) in [6.07, 6.45) is -4.79. The molecule has 0 saturated carbocycles. The number of hydrogen-bond donors (Lipinski definition) is 3. The molecule has 1 rings (SSSR count). The number of rotatable bonds is 1. The molecule has 90 valence electrons. The molecular formula is C10H11F3O3. The molecule has 0 radical (unpaired) electrons. The molecule has 6 heteroatoms. The van der Waals surface area contributed by atoms with E-state index in [1.165, 1.54) is 13.8 Å². The molecule has 0 bridgehead atoms. The topological polar surface area (TPSA) is 60.7 Å². The first-order valence-electron chi connectivity index (χ1n) is 4.39. The lowest BCUT2D eigenvalue weighted by Gasteiger charge is -2.21. The molecule has 0 heterocycles. The number of halogens is 3. The van der Waals surface area contributed by atoms with Crippen LogP contribution in [0.25, 0.3) is 0 Å². The molecule has 0 aliphatic heterocycles. The first kappa shape index (κ1) is 12.6. The van der Waals surface area contributed by atoms with Crippen LogP contribution in [0.1, 0.15) is 25.0 Å². The molecule has 0 aliphatic carbocycles. The monoisotopic (exact) mass is 236 g/mol. The van der Waals surface area contributed by atoms with E-state index in [1.54, 1.807) is 0 Å². The third-order valence-electron chi connectivity index (χ3n) is 2.06. The molecule has 0 atom stereocenters. The third-order valence-corrected chi connectivity index (χ3v) is 2.06. The normalized spacial score (nSPS) is 12.9. The number of phenolic OH excluding ortho intramolecular Hbond substituents is 2. The predicted molar refractivity (Wildman–Crippen MR) is 50.0 cm³/mol. The van der Waals surface area contributed by atoms with E-state index >= 15 is 0 Å². The first-order chi connectivity index (χ1) is 7.03. The van der Waals surface area contributed by atoms with E-state index in [0.717, 1.165) is 6.07 Å². The van der Waals surface area contributed by atoms with E-state index in [2.05, 4.69) is 0 Å². The second-order valence-corrected chi connectivity index (χ2v) is 3.95. The van der Waals surface area contributed by atoms with Gasteiger partial charge in [0.15, 0.2) is 0 Å². The molecule has 1 aromatic carbocycles. The van der Waals surface area contributed by atoms with Crippen molar-refractivity contribution < 1.29 is 28.5 Å². The molecule has 16 heavy (non-hydrogen) atoms. The van der Waals surface area contributed by atoms with Crippen LogP contribution < -0.4 is 0 Å². The summed E-state index contributed by atoms with van der Waals surface area (Å²) in [6.45, 7) is 2.42. The molecule has 0 unspecified atom stereocenters. The number of aliphatic hydroxyl groups is 1. The van der Waals surface area contributed by atoms with Crippen LogP contribution in [0.15, 0.2) is 12.1 Å². The summed E-state index contributed by atoms with van der Waals surface area (Å²) >= 11 is 0. The van der Waals surface area contributed by atoms with Crippen LogP contribution in [0.4, 0.5) is 13.2 Å². The minimum Gasteiger partial charge on any atom is -0.508 e. The highest BCUT2D eigenvalue weighted by molar-refractivity contribution is 5.49. The lowest BCUT2D eigenvalue weighted by molar-refractivity contribution is -0.139. The number of aromatic hydroxyl groups is 2. The van der Waals surface area contributed by atoms with Crippen LogP contribution in [0.5, 0.6) is 11.5 Å². The third kappa shape index (κ3) is 2.38. The average molecular weight is 236 g/mol. The molecule has 0 spiro atoms. The van der Waals surface area contributed by atoms with Crippen molar-refractivity contribution >= 4 is 0 Å². The molecule has 0 saturated heterocycles. The number of hydrogen-bond acceptors (Lipinski definition) is 3. The fraction of sp³-hybridized carbons (Fsp3) is 0.400. The van der Waals surface area contributed by atoms with Gasteiger partial charge in [0, 0.05) is 5.56 Å². The molecule has 3 N–H and O–H groups in total. The second kappa shape index (κ2) is 3.55. The van der Waals surface area contributed by atoms with Crippen LogP contribution in [-0.4, -0.2) is 15.3 Å². The van der Waals surface area contributed by atoms with Gasteiger partial charge in [0.1, 0.15) is 17.1 Å². The quantitative estimate of drug-likeness (QED) is 0.656. The summed E-state index contributed by atoms with van der Waals surface area (Å²) in [5.74, 6) is -1.74. The Balaban J connectivity index is 3.51. The van der Waals surface area contributed by atoms with Gasteiger partial charge in [-0.3, -0.25) is 0 Å². The fourth-order valence-corrected chi connectivity index (χ4v) is 1.30. The minimum absolute atomic E-state index is 0.375. The SMILES string of the molecule is CC(C)(O)c1cc(O)cc(C(F)(F)F)c1O. The van der Waals surface area contributed by atoms with Gasteiger partial charge < -0.3 is 15.3 Å². The van der Waals surface area contributed by atoms with E-state index in [1.807, 2.05) is 0 Å². The second-order valence-electron chi connectivity index (χ2n) is 3.95. The molecule has 0 aliphatic rings. The lowest BCUT2D eigenvalue weighted by Crippen LogP contribution is -2.17. The minimum atomic E-state index is -4.79. The summed E-state index contributed by atoms with van der Waals surface area (Å²) < 4.78 is 37.3. The van der Waals surface area contributed by atoms with Crippen LogP contribution in [0.2, 0.25) is 0 Å². The standard InChI is InChI=1S/C10H11F3O3/c1-9(2,16)6-3-5(14)4-7(8(6)15)10(11,12)13/h3-4,14-16H,1-2H3. The Morgan fingerprint density at radius 2 is 1.44 bits per heavy atom. The summed E-state index contributed by atoms with van der Waals surface area (Å²) in [5.41, 5.74) is -3.42. The van der Waals surface area contributed by atoms with Crippen LogP contribution in [-0.2, 0) is 11.8 Å². The maximum absolute atomic E-state index is 12.4. The van der Waals surface area contributed by atoms with Crippen molar-refractivity contribution in [3.05, 3.63) is 23.3 Å². The molecular weight excluding hydrogens is 225 g/mol. The number of benzene rings is 1. The zero-order chi connectivity index (χ0) is 12.7. The molecule has 0 amide bonds. The Kier molecular flexibility index (Phi) is 2.81. The van der Waals surface area contributed by atoms with Crippen molar-refractivity contribution in [1.29, 1.82) is 0 Å². The van der Waals surface area contributed by atoms with E-state index in [9.17, 15) is 23.4 Å². The van der Waals surface area contributed by atoms with E-state index in [0.29, 0.717) is 6.07 Å². The summed E-state index contributed by atoms with van der Waals surface area (Å²) in [6, 6.07) is 1.30. The van der Waals surface area contributed by atoms with Gasteiger partial charge in [0.25, 0.3) is 0 Å². The van der Waals surface area contributed by atoms with Crippen molar-refractivity contribution in [3.63, 3.8) is 0 Å². The van der Waals surface area contributed by atoms with Crippen molar-refractivity contribution in [3.8, 4) is 11.5 Å². The van der Waals surface area contributed by atoms with Crippen molar-refractivity contribution in [2.75, 3.05) is 0 Å². The Bertz CT molecular complexity index is 370. The molecule has 1 aromatic rings. The van der Waals surface area contributed by atoms with Gasteiger partial charge in [-0.25, -0.2) is 0 Å². The van der Waals surface area contributed by atoms with Gasteiger partial charge in [-0.1, -0.05) is 0 Å². The van der Waals surface area contributed by atoms with Gasteiger partial charge in [-0.05, 0) is 26.0 Å². The van der Waals surface area contributed by atoms with Gasteiger partial charge in [0.2, 0.25) is 0 Å². The zero-order valence-electron chi connectivity index (χ0n) is 8.63. The molecule has 0 fully saturated rings. The summed E-state index contributed by atoms with van der Waals surface area (Å²) in [4.78, 5) is 0. The lowest BCUT2D eigenvalue weighted by atomic mass is 9.94. The highest BCUT2D eigenvalue weighted by atomic mass is 19.4. The predicted octanol–water partition coefficient (Wildman–Crippen LogP) is 2.34. The van der Waals surface area contributed by atoms with Gasteiger partial charge in [-0.15, -0.1) is 0 Å². The largest absolute Gasteiger partial charge is 0.508 e. The average Bonchev–Trinajstić information content (AvgIpc) is 2.04. The van der Waals surface area contributed by atoms with E-state index in [4.69, 9.17) is 5.11 Å². The number of phenols is 2. The zero-order valence-corrected chi connectivity index (χ0v) is 8.63. The van der Waals surface area contributed by atoms with E-state index in [-0.39, 0.29) is 5.56 Å². The Hall–Kier alpha value is -1.43. The number of alkyl halides is 3. The van der Waals surface area contributed by atoms with Crippen LogP contribution in [0.3, 0.4) is 0 Å². The highest BCUT2D eigenvalue weighted by Gasteiger charge is 2.37. The van der Waals surface area contributed by atoms with Gasteiger partial charge in [-0.2, -0.15) is 13.2 Å². The van der Waals surface area contributed by atoms with Gasteiger partial charge in [0.05, 0.1) is 5.60 Å². The van der Waals surface area contributed by atoms with Gasteiger partial charge >= 0.3 is 6.18 Å². The Labute approximate surface area is 89.8 Å². The summed E-state index contributed by atoms with van der Waals surface area (Å²) in [5, 5.41) is 28.1. The Morgan fingerprint density at radius 3 is 1.81 bits per heavy atom. The maximum atomic E-state index is 12.4. The summed E-state index contributed by atoms with van der Waals surface area (Å²) in [7, 11) is 0. The van der Waals surface area contributed by atoms with Crippen molar-refractivity contribution in [2.24, 2.45) is 0 Å². The molecule has 3 nitrogen and oxygen atoms in total. The first-order valence-corrected chi connectivity index (χ1v) is 4.39.